The second-order valence-electron chi connectivity index (χ2n) is 19.5. The van der Waals surface area contributed by atoms with Crippen LogP contribution in [0.5, 0.6) is 0 Å². The Morgan fingerprint density at radius 3 is 0.932 bits per heavy atom. The number of ether oxygens (including phenoxy) is 3. The molecule has 414 valence electrons. The Hall–Kier alpha value is -4.19. The van der Waals surface area contributed by atoms with Crippen molar-refractivity contribution in [2.75, 3.05) is 13.2 Å². The maximum Gasteiger partial charge on any atom is 0.306 e. The van der Waals surface area contributed by atoms with E-state index >= 15 is 0 Å². The lowest BCUT2D eigenvalue weighted by Gasteiger charge is -2.18. The zero-order valence-corrected chi connectivity index (χ0v) is 47.4. The highest BCUT2D eigenvalue weighted by atomic mass is 16.6. The summed E-state index contributed by atoms with van der Waals surface area (Å²) in [5, 5.41) is 0. The zero-order valence-electron chi connectivity index (χ0n) is 47.4. The lowest BCUT2D eigenvalue weighted by molar-refractivity contribution is -0.167. The number of unbranched alkanes of at least 4 members (excludes halogenated alkanes) is 22. The Labute approximate surface area is 450 Å². The quantitative estimate of drug-likeness (QED) is 0.0261. The minimum absolute atomic E-state index is 0.100. The molecule has 0 saturated carbocycles. The number of hydrogen-bond acceptors (Lipinski definition) is 6. The van der Waals surface area contributed by atoms with Crippen molar-refractivity contribution in [1.29, 1.82) is 0 Å². The summed E-state index contributed by atoms with van der Waals surface area (Å²) in [6.07, 6.45) is 83.5. The molecule has 1 unspecified atom stereocenters. The molecule has 0 bridgehead atoms. The van der Waals surface area contributed by atoms with Gasteiger partial charge >= 0.3 is 17.9 Å². The van der Waals surface area contributed by atoms with E-state index in [0.717, 1.165) is 116 Å². The van der Waals surface area contributed by atoms with Crippen LogP contribution in [0.3, 0.4) is 0 Å². The zero-order chi connectivity index (χ0) is 52.9. The van der Waals surface area contributed by atoms with Gasteiger partial charge in [0.2, 0.25) is 0 Å². The fraction of sp³-hybridized carbons (Fsp3) is 0.657. The Bertz CT molecular complexity index is 1540. The van der Waals surface area contributed by atoms with E-state index in [1.807, 2.05) is 0 Å². The van der Waals surface area contributed by atoms with Crippen LogP contribution in [-0.2, 0) is 28.6 Å². The van der Waals surface area contributed by atoms with Gasteiger partial charge in [-0.05, 0) is 109 Å². The number of carbonyl (C=O) groups excluding carboxylic acids is 3. The van der Waals surface area contributed by atoms with Gasteiger partial charge < -0.3 is 14.2 Å². The molecule has 73 heavy (non-hydrogen) atoms. The summed E-state index contributed by atoms with van der Waals surface area (Å²) in [4.78, 5) is 38.1. The van der Waals surface area contributed by atoms with Crippen LogP contribution < -0.4 is 0 Å². The van der Waals surface area contributed by atoms with Gasteiger partial charge in [0.15, 0.2) is 6.10 Å². The molecule has 0 N–H and O–H groups in total. The first kappa shape index (κ1) is 68.8. The fourth-order valence-corrected chi connectivity index (χ4v) is 7.97. The molecule has 6 heteroatoms. The van der Waals surface area contributed by atoms with Crippen LogP contribution >= 0.6 is 0 Å². The highest BCUT2D eigenvalue weighted by molar-refractivity contribution is 5.71. The summed E-state index contributed by atoms with van der Waals surface area (Å²) in [7, 11) is 0. The average molecular weight is 1010 g/mol. The summed E-state index contributed by atoms with van der Waals surface area (Å²) in [6.45, 7) is 6.45. The smallest absolute Gasteiger partial charge is 0.306 e. The van der Waals surface area contributed by atoms with Gasteiger partial charge in [0, 0.05) is 19.3 Å². The molecule has 0 fully saturated rings. The van der Waals surface area contributed by atoms with Crippen molar-refractivity contribution >= 4 is 17.9 Å². The van der Waals surface area contributed by atoms with Gasteiger partial charge in [0.1, 0.15) is 13.2 Å². The molecule has 0 aliphatic heterocycles. The van der Waals surface area contributed by atoms with E-state index in [0.29, 0.717) is 19.3 Å². The molecule has 0 aromatic heterocycles. The lowest BCUT2D eigenvalue weighted by Crippen LogP contribution is -2.30. The minimum atomic E-state index is -0.805. The third-order valence-corrected chi connectivity index (χ3v) is 12.5. The summed E-state index contributed by atoms with van der Waals surface area (Å²) < 4.78 is 16.8. The van der Waals surface area contributed by atoms with E-state index in [1.165, 1.54) is 103 Å². The molecule has 0 amide bonds. The van der Waals surface area contributed by atoms with Crippen molar-refractivity contribution in [2.24, 2.45) is 0 Å². The number of rotatable bonds is 53. The van der Waals surface area contributed by atoms with Crippen molar-refractivity contribution < 1.29 is 28.6 Å². The molecule has 0 aliphatic rings. The molecular weight excluding hydrogens is 901 g/mol. The predicted octanol–water partition coefficient (Wildman–Crippen LogP) is 20.4. The number of allylic oxidation sites excluding steroid dienone is 20. The molecule has 0 aromatic carbocycles. The van der Waals surface area contributed by atoms with Crippen LogP contribution in [0.1, 0.15) is 265 Å². The van der Waals surface area contributed by atoms with Crippen LogP contribution in [0.15, 0.2) is 122 Å². The van der Waals surface area contributed by atoms with Crippen molar-refractivity contribution in [3.05, 3.63) is 122 Å². The van der Waals surface area contributed by atoms with E-state index in [9.17, 15) is 14.4 Å². The van der Waals surface area contributed by atoms with Crippen LogP contribution in [-0.4, -0.2) is 37.2 Å². The Kier molecular flexibility index (Phi) is 56.9. The molecule has 1 atom stereocenters. The molecule has 0 heterocycles. The molecule has 0 radical (unpaired) electrons. The Balaban J connectivity index is 4.40. The third kappa shape index (κ3) is 58.6. The monoisotopic (exact) mass is 1010 g/mol. The molecule has 0 spiro atoms. The maximum atomic E-state index is 12.8. The Morgan fingerprint density at radius 2 is 0.548 bits per heavy atom. The van der Waals surface area contributed by atoms with Gasteiger partial charge in [-0.3, -0.25) is 14.4 Å². The fourth-order valence-electron chi connectivity index (χ4n) is 7.97. The summed E-state index contributed by atoms with van der Waals surface area (Å²) in [5.41, 5.74) is 0. The number of hydrogen-bond donors (Lipinski definition) is 0. The van der Waals surface area contributed by atoms with Gasteiger partial charge in [-0.1, -0.05) is 258 Å². The average Bonchev–Trinajstić information content (AvgIpc) is 3.39. The van der Waals surface area contributed by atoms with Crippen LogP contribution in [0, 0.1) is 0 Å². The van der Waals surface area contributed by atoms with Gasteiger partial charge in [-0.15, -0.1) is 0 Å². The van der Waals surface area contributed by atoms with E-state index in [2.05, 4.69) is 142 Å². The van der Waals surface area contributed by atoms with Crippen LogP contribution in [0.2, 0.25) is 0 Å². The number of carbonyl (C=O) groups is 3. The molecular formula is C67H110O6. The van der Waals surface area contributed by atoms with Crippen LogP contribution in [0.25, 0.3) is 0 Å². The summed E-state index contributed by atoms with van der Waals surface area (Å²) >= 11 is 0. The van der Waals surface area contributed by atoms with E-state index in [1.54, 1.807) is 0 Å². The first-order valence-corrected chi connectivity index (χ1v) is 30.0. The van der Waals surface area contributed by atoms with E-state index in [4.69, 9.17) is 14.2 Å². The van der Waals surface area contributed by atoms with Crippen molar-refractivity contribution in [2.45, 2.75) is 271 Å². The van der Waals surface area contributed by atoms with Gasteiger partial charge in [0.25, 0.3) is 0 Å². The lowest BCUT2D eigenvalue weighted by atomic mass is 10.0. The first-order chi connectivity index (χ1) is 36.0. The van der Waals surface area contributed by atoms with Gasteiger partial charge in [0.05, 0.1) is 0 Å². The highest BCUT2D eigenvalue weighted by Crippen LogP contribution is 2.15. The second-order valence-corrected chi connectivity index (χ2v) is 19.5. The predicted molar refractivity (Wildman–Crippen MR) is 316 cm³/mol. The van der Waals surface area contributed by atoms with Crippen LogP contribution in [0.4, 0.5) is 0 Å². The summed E-state index contributed by atoms with van der Waals surface area (Å²) in [6, 6.07) is 0. The molecule has 0 rings (SSSR count). The van der Waals surface area contributed by atoms with Gasteiger partial charge in [-0.25, -0.2) is 0 Å². The molecule has 0 aliphatic carbocycles. The van der Waals surface area contributed by atoms with E-state index in [-0.39, 0.29) is 37.5 Å². The van der Waals surface area contributed by atoms with Crippen molar-refractivity contribution in [3.8, 4) is 0 Å². The second kappa shape index (κ2) is 60.4. The SMILES string of the molecule is CC/C=C\C/C=C\C/C=C\C/C=C\C/C=C\C/C=C\C/C=C\C/C=C\C/C=C\CCCC(=O)OCC(COC(=O)CCCCCCC/C=C\CCCCC)OC(=O)CCCCCCCCCCCCCCCC. The molecule has 6 nitrogen and oxygen atoms in total. The van der Waals surface area contributed by atoms with Crippen molar-refractivity contribution in [3.63, 3.8) is 0 Å². The molecule has 0 aromatic rings. The standard InChI is InChI=1S/C67H110O6/c1-4-7-10-13-16-19-22-25-27-28-29-30-31-32-33-34-35-36-37-38-39-40-41-43-45-48-51-54-57-60-66(69)72-63-64(62-71-65(68)59-56-53-50-47-44-24-21-18-15-12-9-6-3)73-67(70)61-58-55-52-49-46-42-26-23-20-17-14-11-8-5-2/h7,10,16,18-19,21,25,27,29-30,32-33,35-36,38-39,41,43,48,51,64H,4-6,8-9,11-15,17,20,22-24,26,28,31,34,37,40,42,44-47,49-50,52-63H2,1-3H3/b10-7-,19-16-,21-18-,27-25-,30-29-,33-32-,36-35-,39-38-,43-41-,51-48-. The van der Waals surface area contributed by atoms with E-state index < -0.39 is 6.10 Å². The minimum Gasteiger partial charge on any atom is -0.462 e. The third-order valence-electron chi connectivity index (χ3n) is 12.5. The maximum absolute atomic E-state index is 12.8. The molecule has 0 saturated heterocycles. The van der Waals surface area contributed by atoms with Crippen molar-refractivity contribution in [1.82, 2.24) is 0 Å². The largest absolute Gasteiger partial charge is 0.462 e. The normalized spacial score (nSPS) is 13.0. The highest BCUT2D eigenvalue weighted by Gasteiger charge is 2.19. The number of esters is 3. The topological polar surface area (TPSA) is 78.9 Å². The summed E-state index contributed by atoms with van der Waals surface area (Å²) in [5.74, 6) is -0.970. The van der Waals surface area contributed by atoms with Gasteiger partial charge in [-0.2, -0.15) is 0 Å². The Morgan fingerprint density at radius 1 is 0.288 bits per heavy atom. The first-order valence-electron chi connectivity index (χ1n) is 30.0.